The van der Waals surface area contributed by atoms with Gasteiger partial charge in [0.1, 0.15) is 5.75 Å². The summed E-state index contributed by atoms with van der Waals surface area (Å²) in [6.45, 7) is 1.66. The van der Waals surface area contributed by atoms with Gasteiger partial charge in [0.25, 0.3) is 10.0 Å². The molecule has 0 heterocycles. The monoisotopic (exact) mass is 393 g/mol. The zero-order valence-corrected chi connectivity index (χ0v) is 15.6. The van der Waals surface area contributed by atoms with Gasteiger partial charge in [0.15, 0.2) is 6.61 Å². The number of rotatable bonds is 8. The normalized spacial score (nSPS) is 10.7. The number of ether oxygens (including phenoxy) is 3. The Balaban J connectivity index is 2.14. The van der Waals surface area contributed by atoms with Crippen LogP contribution in [0, 0.1) is 0 Å². The van der Waals surface area contributed by atoms with E-state index >= 15 is 0 Å². The molecule has 144 valence electrons. The van der Waals surface area contributed by atoms with Crippen molar-refractivity contribution >= 4 is 27.6 Å². The minimum Gasteiger partial charge on any atom is -0.482 e. The van der Waals surface area contributed by atoms with Crippen LogP contribution in [0.2, 0.25) is 0 Å². The van der Waals surface area contributed by atoms with Gasteiger partial charge < -0.3 is 14.2 Å². The molecule has 0 aliphatic rings. The molecular weight excluding hydrogens is 374 g/mol. The molecule has 0 radical (unpaired) electrons. The maximum atomic E-state index is 12.5. The van der Waals surface area contributed by atoms with Gasteiger partial charge in [0.2, 0.25) is 0 Å². The van der Waals surface area contributed by atoms with Crippen molar-refractivity contribution in [2.45, 2.75) is 11.8 Å². The summed E-state index contributed by atoms with van der Waals surface area (Å²) in [5.74, 6) is -0.858. The summed E-state index contributed by atoms with van der Waals surface area (Å²) in [5, 5.41) is 0. The first-order chi connectivity index (χ1) is 12.9. The highest BCUT2D eigenvalue weighted by Gasteiger charge is 2.19. The number of carbonyl (C=O) groups excluding carboxylic acids is 2. The number of methoxy groups -OCH3 is 1. The van der Waals surface area contributed by atoms with Gasteiger partial charge in [0.05, 0.1) is 29.9 Å². The van der Waals surface area contributed by atoms with Crippen LogP contribution in [0.5, 0.6) is 5.75 Å². The highest BCUT2D eigenvalue weighted by molar-refractivity contribution is 7.92. The number of hydrogen-bond donors (Lipinski definition) is 1. The second-order valence-corrected chi connectivity index (χ2v) is 6.89. The van der Waals surface area contributed by atoms with Crippen molar-refractivity contribution in [3.05, 3.63) is 54.1 Å². The van der Waals surface area contributed by atoms with E-state index in [1.165, 1.54) is 43.5 Å². The van der Waals surface area contributed by atoms with Crippen molar-refractivity contribution in [1.29, 1.82) is 0 Å². The first-order valence-electron chi connectivity index (χ1n) is 7.96. The number of sulfonamides is 1. The lowest BCUT2D eigenvalue weighted by Crippen LogP contribution is -2.16. The van der Waals surface area contributed by atoms with Crippen LogP contribution in [-0.4, -0.2) is 40.7 Å². The number of esters is 2. The van der Waals surface area contributed by atoms with Crippen LogP contribution >= 0.6 is 0 Å². The number of anilines is 1. The van der Waals surface area contributed by atoms with Gasteiger partial charge in [-0.1, -0.05) is 12.1 Å². The van der Waals surface area contributed by atoms with E-state index in [-0.39, 0.29) is 29.4 Å². The summed E-state index contributed by atoms with van der Waals surface area (Å²) >= 11 is 0. The summed E-state index contributed by atoms with van der Waals surface area (Å²) in [5.41, 5.74) is 0.199. The molecule has 0 spiro atoms. The van der Waals surface area contributed by atoms with Gasteiger partial charge in [-0.05, 0) is 43.3 Å². The molecule has 0 aliphatic heterocycles. The van der Waals surface area contributed by atoms with E-state index in [9.17, 15) is 18.0 Å². The molecule has 0 aromatic heterocycles. The molecule has 0 atom stereocenters. The summed E-state index contributed by atoms with van der Waals surface area (Å²) in [6, 6.07) is 11.6. The molecule has 0 saturated heterocycles. The fraction of sp³-hybridized carbons (Fsp3) is 0.222. The van der Waals surface area contributed by atoms with Gasteiger partial charge in [-0.2, -0.15) is 0 Å². The Bertz CT molecular complexity index is 908. The summed E-state index contributed by atoms with van der Waals surface area (Å²) < 4.78 is 42.1. The van der Waals surface area contributed by atoms with Gasteiger partial charge in [0, 0.05) is 0 Å². The quantitative estimate of drug-likeness (QED) is 0.685. The Kier molecular flexibility index (Phi) is 6.78. The lowest BCUT2D eigenvalue weighted by atomic mass is 10.2. The van der Waals surface area contributed by atoms with Crippen molar-refractivity contribution in [2.24, 2.45) is 0 Å². The summed E-state index contributed by atoms with van der Waals surface area (Å²) in [4.78, 5) is 23.0. The van der Waals surface area contributed by atoms with Crippen molar-refractivity contribution in [1.82, 2.24) is 0 Å². The predicted octanol–water partition coefficient (Wildman–Crippen LogP) is 2.22. The van der Waals surface area contributed by atoms with Crippen LogP contribution in [0.4, 0.5) is 5.69 Å². The second-order valence-electron chi connectivity index (χ2n) is 5.21. The SMILES string of the molecule is CCOC(=O)COc1ccc(S(=O)(=O)Nc2ccccc2C(=O)OC)cc1. The highest BCUT2D eigenvalue weighted by Crippen LogP contribution is 2.22. The van der Waals surface area contributed by atoms with E-state index in [2.05, 4.69) is 9.46 Å². The number of nitrogens with one attached hydrogen (secondary N) is 1. The average Bonchev–Trinajstić information content (AvgIpc) is 2.66. The largest absolute Gasteiger partial charge is 0.482 e. The third-order valence-corrected chi connectivity index (χ3v) is 4.75. The van der Waals surface area contributed by atoms with E-state index in [4.69, 9.17) is 9.47 Å². The third-order valence-electron chi connectivity index (χ3n) is 3.37. The average molecular weight is 393 g/mol. The number of hydrogen-bond acceptors (Lipinski definition) is 7. The number of para-hydroxylation sites is 1. The number of carbonyl (C=O) groups is 2. The van der Waals surface area contributed by atoms with Crippen LogP contribution in [0.3, 0.4) is 0 Å². The van der Waals surface area contributed by atoms with Crippen LogP contribution in [0.15, 0.2) is 53.4 Å². The molecule has 0 unspecified atom stereocenters. The Morgan fingerprint density at radius 2 is 1.70 bits per heavy atom. The number of benzene rings is 2. The van der Waals surface area contributed by atoms with Crippen molar-refractivity contribution in [3.63, 3.8) is 0 Å². The molecule has 0 bridgehead atoms. The topological polar surface area (TPSA) is 108 Å². The smallest absolute Gasteiger partial charge is 0.344 e. The fourth-order valence-electron chi connectivity index (χ4n) is 2.12. The Hall–Kier alpha value is -3.07. The van der Waals surface area contributed by atoms with E-state index in [0.717, 1.165) is 0 Å². The summed E-state index contributed by atoms with van der Waals surface area (Å²) in [6.07, 6.45) is 0. The molecule has 1 N–H and O–H groups in total. The molecule has 0 amide bonds. The van der Waals surface area contributed by atoms with Crippen LogP contribution < -0.4 is 9.46 Å². The molecule has 0 aliphatic carbocycles. The molecular formula is C18H19NO7S. The molecule has 8 nitrogen and oxygen atoms in total. The summed E-state index contributed by atoms with van der Waals surface area (Å²) in [7, 11) is -2.73. The van der Waals surface area contributed by atoms with E-state index in [1.807, 2.05) is 0 Å². The van der Waals surface area contributed by atoms with Crippen molar-refractivity contribution < 1.29 is 32.2 Å². The first-order valence-corrected chi connectivity index (χ1v) is 9.44. The Morgan fingerprint density at radius 3 is 2.33 bits per heavy atom. The molecule has 27 heavy (non-hydrogen) atoms. The Morgan fingerprint density at radius 1 is 1.04 bits per heavy atom. The molecule has 0 saturated carbocycles. The maximum Gasteiger partial charge on any atom is 0.344 e. The molecule has 9 heteroatoms. The molecule has 2 aromatic carbocycles. The van der Waals surface area contributed by atoms with Crippen LogP contribution in [-0.2, 0) is 24.3 Å². The van der Waals surface area contributed by atoms with E-state index in [1.54, 1.807) is 19.1 Å². The van der Waals surface area contributed by atoms with Crippen LogP contribution in [0.1, 0.15) is 17.3 Å². The fourth-order valence-corrected chi connectivity index (χ4v) is 3.20. The van der Waals surface area contributed by atoms with Gasteiger partial charge >= 0.3 is 11.9 Å². The van der Waals surface area contributed by atoms with Crippen LogP contribution in [0.25, 0.3) is 0 Å². The van der Waals surface area contributed by atoms with Gasteiger partial charge in [-0.15, -0.1) is 0 Å². The Labute approximate surface area is 157 Å². The van der Waals surface area contributed by atoms with Crippen molar-refractivity contribution in [3.8, 4) is 5.75 Å². The van der Waals surface area contributed by atoms with E-state index < -0.39 is 22.0 Å². The standard InChI is InChI=1S/C18H19NO7S/c1-3-25-17(20)12-26-13-8-10-14(11-9-13)27(22,23)19-16-7-5-4-6-15(16)18(21)24-2/h4-11,19H,3,12H2,1-2H3. The zero-order chi connectivity index (χ0) is 19.9. The molecule has 2 aromatic rings. The second kappa shape index (κ2) is 9.04. The lowest BCUT2D eigenvalue weighted by molar-refractivity contribution is -0.145. The van der Waals surface area contributed by atoms with Gasteiger partial charge in [-0.25, -0.2) is 18.0 Å². The van der Waals surface area contributed by atoms with E-state index in [0.29, 0.717) is 5.75 Å². The molecule has 2 rings (SSSR count). The lowest BCUT2D eigenvalue weighted by Gasteiger charge is -2.12. The van der Waals surface area contributed by atoms with Gasteiger partial charge in [-0.3, -0.25) is 4.72 Å². The predicted molar refractivity (Wildman–Crippen MR) is 97.2 cm³/mol. The van der Waals surface area contributed by atoms with Crippen molar-refractivity contribution in [2.75, 3.05) is 25.0 Å². The minimum absolute atomic E-state index is 0.0364. The highest BCUT2D eigenvalue weighted by atomic mass is 32.2. The third kappa shape index (κ3) is 5.45. The minimum atomic E-state index is -3.94. The molecule has 0 fully saturated rings. The maximum absolute atomic E-state index is 12.5. The first kappa shape index (κ1) is 20.2. The zero-order valence-electron chi connectivity index (χ0n) is 14.8.